The number of aromatic amines is 1. The van der Waals surface area contributed by atoms with Crippen molar-refractivity contribution < 1.29 is 4.74 Å². The Hall–Kier alpha value is -2.58. The van der Waals surface area contributed by atoms with E-state index >= 15 is 0 Å². The average Bonchev–Trinajstić information content (AvgIpc) is 3.47. The van der Waals surface area contributed by atoms with Crippen LogP contribution in [0.25, 0.3) is 10.9 Å². The SMILES string of the molecule is CCc1ccc2[nH]c(=O)c([C@@H](c3nnnn3C3CCCC3)N3CCOCC3)cc2c1. The highest BCUT2D eigenvalue weighted by Gasteiger charge is 2.33. The van der Waals surface area contributed by atoms with Gasteiger partial charge in [-0.1, -0.05) is 25.8 Å². The van der Waals surface area contributed by atoms with Crippen molar-refractivity contribution in [3.8, 4) is 0 Å². The van der Waals surface area contributed by atoms with Crippen LogP contribution in [0.15, 0.2) is 29.1 Å². The molecular weight excluding hydrogens is 380 g/mol. The van der Waals surface area contributed by atoms with Gasteiger partial charge in [0.1, 0.15) is 6.04 Å². The average molecular weight is 409 g/mol. The molecule has 1 saturated heterocycles. The Labute approximate surface area is 175 Å². The van der Waals surface area contributed by atoms with E-state index in [0.29, 0.717) is 24.8 Å². The fraction of sp³-hybridized carbons (Fsp3) is 0.545. The summed E-state index contributed by atoms with van der Waals surface area (Å²) >= 11 is 0. The van der Waals surface area contributed by atoms with Gasteiger partial charge in [0, 0.05) is 24.2 Å². The second kappa shape index (κ2) is 8.28. The summed E-state index contributed by atoms with van der Waals surface area (Å²) in [5.41, 5.74) is 2.73. The molecule has 1 aromatic carbocycles. The van der Waals surface area contributed by atoms with Crippen molar-refractivity contribution in [1.82, 2.24) is 30.1 Å². The van der Waals surface area contributed by atoms with Gasteiger partial charge in [-0.15, -0.1) is 5.10 Å². The summed E-state index contributed by atoms with van der Waals surface area (Å²) in [6, 6.07) is 8.27. The first-order valence-electron chi connectivity index (χ1n) is 11.0. The van der Waals surface area contributed by atoms with Crippen LogP contribution in [0, 0.1) is 0 Å². The molecule has 8 nitrogen and oxygen atoms in total. The number of nitrogens with one attached hydrogen (secondary N) is 1. The van der Waals surface area contributed by atoms with E-state index in [1.54, 1.807) is 0 Å². The Morgan fingerprint density at radius 2 is 2.00 bits per heavy atom. The molecule has 0 amide bonds. The molecule has 2 aliphatic rings. The highest BCUT2D eigenvalue weighted by atomic mass is 16.5. The van der Waals surface area contributed by atoms with E-state index < -0.39 is 0 Å². The number of aryl methyl sites for hydroxylation is 1. The maximum atomic E-state index is 13.2. The van der Waals surface area contributed by atoms with Gasteiger partial charge >= 0.3 is 0 Å². The number of hydrogen-bond acceptors (Lipinski definition) is 6. The smallest absolute Gasteiger partial charge is 0.253 e. The number of rotatable bonds is 5. The number of hydrogen-bond donors (Lipinski definition) is 1. The zero-order valence-electron chi connectivity index (χ0n) is 17.4. The summed E-state index contributed by atoms with van der Waals surface area (Å²) in [6.45, 7) is 4.92. The Morgan fingerprint density at radius 1 is 1.20 bits per heavy atom. The highest BCUT2D eigenvalue weighted by Crippen LogP contribution is 2.34. The molecule has 3 heterocycles. The van der Waals surface area contributed by atoms with Crippen molar-refractivity contribution in [1.29, 1.82) is 0 Å². The third-order valence-electron chi connectivity index (χ3n) is 6.48. The lowest BCUT2D eigenvalue weighted by molar-refractivity contribution is 0.0211. The lowest BCUT2D eigenvalue weighted by Crippen LogP contribution is -2.42. The molecule has 30 heavy (non-hydrogen) atoms. The van der Waals surface area contributed by atoms with E-state index in [0.717, 1.165) is 49.1 Å². The van der Waals surface area contributed by atoms with E-state index in [9.17, 15) is 4.79 Å². The van der Waals surface area contributed by atoms with Crippen LogP contribution < -0.4 is 5.56 Å². The van der Waals surface area contributed by atoms with E-state index in [4.69, 9.17) is 4.74 Å². The van der Waals surface area contributed by atoms with Gasteiger partial charge in [0.2, 0.25) is 0 Å². The minimum Gasteiger partial charge on any atom is -0.379 e. The van der Waals surface area contributed by atoms with Gasteiger partial charge in [-0.25, -0.2) is 4.68 Å². The summed E-state index contributed by atoms with van der Waals surface area (Å²) in [4.78, 5) is 18.6. The monoisotopic (exact) mass is 408 g/mol. The van der Waals surface area contributed by atoms with Gasteiger partial charge in [-0.2, -0.15) is 0 Å². The molecular formula is C22H28N6O2. The van der Waals surface area contributed by atoms with E-state index in [1.165, 1.54) is 18.4 Å². The van der Waals surface area contributed by atoms with Gasteiger partial charge in [0.25, 0.3) is 5.56 Å². The van der Waals surface area contributed by atoms with Crippen LogP contribution in [0.3, 0.4) is 0 Å². The molecule has 1 aliphatic heterocycles. The van der Waals surface area contributed by atoms with E-state index in [2.05, 4.69) is 44.5 Å². The topological polar surface area (TPSA) is 88.9 Å². The number of aromatic nitrogens is 5. The van der Waals surface area contributed by atoms with Crippen LogP contribution in [0.4, 0.5) is 0 Å². The Kier molecular flexibility index (Phi) is 5.35. The van der Waals surface area contributed by atoms with E-state index in [1.807, 2.05) is 16.8 Å². The molecule has 1 aliphatic carbocycles. The zero-order chi connectivity index (χ0) is 20.5. The number of H-pyrrole nitrogens is 1. The maximum absolute atomic E-state index is 13.2. The zero-order valence-corrected chi connectivity index (χ0v) is 17.4. The van der Waals surface area contributed by atoms with Gasteiger partial charge in [0.15, 0.2) is 5.82 Å². The number of morpholine rings is 1. The number of benzene rings is 1. The summed E-state index contributed by atoms with van der Waals surface area (Å²) < 4.78 is 7.55. The normalized spacial score (nSPS) is 19.5. The predicted molar refractivity (Wildman–Crippen MR) is 114 cm³/mol. The molecule has 0 spiro atoms. The standard InChI is InChI=1S/C22H28N6O2/c1-2-15-7-8-19-16(13-15)14-18(22(29)23-19)20(27-9-11-30-12-10-27)21-24-25-26-28(21)17-5-3-4-6-17/h7-8,13-14,17,20H,2-6,9-12H2,1H3,(H,23,29)/t20-/m0/s1. The number of pyridine rings is 1. The third kappa shape index (κ3) is 3.54. The molecule has 8 heteroatoms. The lowest BCUT2D eigenvalue weighted by Gasteiger charge is -2.34. The van der Waals surface area contributed by atoms with Gasteiger partial charge in [-0.3, -0.25) is 9.69 Å². The first-order valence-corrected chi connectivity index (χ1v) is 11.0. The van der Waals surface area contributed by atoms with Crippen LogP contribution in [0.5, 0.6) is 0 Å². The van der Waals surface area contributed by atoms with E-state index in [-0.39, 0.29) is 11.6 Å². The minimum atomic E-state index is -0.289. The second-order valence-electron chi connectivity index (χ2n) is 8.30. The third-order valence-corrected chi connectivity index (χ3v) is 6.48. The van der Waals surface area contributed by atoms with Crippen LogP contribution in [-0.2, 0) is 11.2 Å². The van der Waals surface area contributed by atoms with Crippen molar-refractivity contribution in [2.24, 2.45) is 0 Å². The predicted octanol–water partition coefficient (Wildman–Crippen LogP) is 2.61. The summed E-state index contributed by atoms with van der Waals surface area (Å²) in [7, 11) is 0. The quantitative estimate of drug-likeness (QED) is 0.698. The second-order valence-corrected chi connectivity index (χ2v) is 8.30. The summed E-state index contributed by atoms with van der Waals surface area (Å²) in [5, 5.41) is 13.8. The molecule has 3 aromatic rings. The number of fused-ring (bicyclic) bond motifs is 1. The van der Waals surface area contributed by atoms with Crippen molar-refractivity contribution >= 4 is 10.9 Å². The first kappa shape index (κ1) is 19.4. The molecule has 1 saturated carbocycles. The number of tetrazole rings is 1. The Bertz CT molecular complexity index is 1080. The molecule has 158 valence electrons. The Balaban J connectivity index is 1.65. The lowest BCUT2D eigenvalue weighted by atomic mass is 10.0. The van der Waals surface area contributed by atoms with Crippen LogP contribution in [0.1, 0.15) is 61.6 Å². The molecule has 5 rings (SSSR count). The van der Waals surface area contributed by atoms with Crippen LogP contribution in [-0.4, -0.2) is 56.4 Å². The van der Waals surface area contributed by atoms with Crippen molar-refractivity contribution in [3.05, 3.63) is 51.6 Å². The summed E-state index contributed by atoms with van der Waals surface area (Å²) in [5.74, 6) is 0.764. The van der Waals surface area contributed by atoms with Crippen molar-refractivity contribution in [2.45, 2.75) is 51.1 Å². The molecule has 0 bridgehead atoms. The van der Waals surface area contributed by atoms with Crippen LogP contribution >= 0.6 is 0 Å². The van der Waals surface area contributed by atoms with Gasteiger partial charge in [0.05, 0.1) is 19.3 Å². The number of ether oxygens (including phenoxy) is 1. The molecule has 2 aromatic heterocycles. The van der Waals surface area contributed by atoms with Gasteiger partial charge in [-0.05, 0) is 58.8 Å². The number of nitrogens with zero attached hydrogens (tertiary/aromatic N) is 5. The molecule has 0 radical (unpaired) electrons. The largest absolute Gasteiger partial charge is 0.379 e. The minimum absolute atomic E-state index is 0.0794. The fourth-order valence-corrected chi connectivity index (χ4v) is 4.82. The maximum Gasteiger partial charge on any atom is 0.253 e. The molecule has 2 fully saturated rings. The first-order chi connectivity index (χ1) is 14.7. The Morgan fingerprint density at radius 3 is 2.77 bits per heavy atom. The van der Waals surface area contributed by atoms with Crippen molar-refractivity contribution in [2.75, 3.05) is 26.3 Å². The fourth-order valence-electron chi connectivity index (χ4n) is 4.82. The van der Waals surface area contributed by atoms with Gasteiger partial charge < -0.3 is 9.72 Å². The molecule has 0 unspecified atom stereocenters. The molecule has 1 N–H and O–H groups in total. The molecule has 1 atom stereocenters. The van der Waals surface area contributed by atoms with Crippen LogP contribution in [0.2, 0.25) is 0 Å². The summed E-state index contributed by atoms with van der Waals surface area (Å²) in [6.07, 6.45) is 5.52. The van der Waals surface area contributed by atoms with Crippen molar-refractivity contribution in [3.63, 3.8) is 0 Å². The highest BCUT2D eigenvalue weighted by molar-refractivity contribution is 5.80.